The van der Waals surface area contributed by atoms with Crippen LogP contribution in [0.25, 0.3) is 0 Å². The zero-order chi connectivity index (χ0) is 16.6. The Morgan fingerprint density at radius 2 is 2.26 bits per heavy atom. The molecule has 3 rings (SSSR count). The van der Waals surface area contributed by atoms with E-state index in [1.807, 2.05) is 6.07 Å². The number of ether oxygens (including phenoxy) is 1. The van der Waals surface area contributed by atoms with Crippen molar-refractivity contribution in [2.24, 2.45) is 5.92 Å². The molecule has 6 nitrogen and oxygen atoms in total. The lowest BCUT2D eigenvalue weighted by molar-refractivity contribution is -0.135. The third kappa shape index (κ3) is 3.24. The number of hydrogen-bond acceptors (Lipinski definition) is 5. The molecule has 7 heteroatoms. The van der Waals surface area contributed by atoms with Gasteiger partial charge in [-0.2, -0.15) is 0 Å². The third-order valence-corrected chi connectivity index (χ3v) is 5.50. The minimum absolute atomic E-state index is 0.310. The SMILES string of the molecule is C[C@H]1CCc2sc(C(=O)O[C@@H](C)C(=O)N3CCNC3=O)cc2C1. The number of nitrogens with zero attached hydrogens (tertiary/aromatic N) is 1. The summed E-state index contributed by atoms with van der Waals surface area (Å²) in [5.74, 6) is -0.337. The largest absolute Gasteiger partial charge is 0.448 e. The Kier molecular flexibility index (Phi) is 4.39. The van der Waals surface area contributed by atoms with Crippen LogP contribution in [0.4, 0.5) is 4.79 Å². The van der Waals surface area contributed by atoms with Crippen LogP contribution in [-0.2, 0) is 22.4 Å². The van der Waals surface area contributed by atoms with E-state index >= 15 is 0 Å². The van der Waals surface area contributed by atoms with Gasteiger partial charge in [-0.1, -0.05) is 6.92 Å². The van der Waals surface area contributed by atoms with E-state index in [0.29, 0.717) is 23.9 Å². The minimum Gasteiger partial charge on any atom is -0.448 e. The fraction of sp³-hybridized carbons (Fsp3) is 0.562. The average molecular weight is 336 g/mol. The van der Waals surface area contributed by atoms with E-state index in [2.05, 4.69) is 12.2 Å². The fourth-order valence-corrected chi connectivity index (χ4v) is 4.07. The predicted molar refractivity (Wildman–Crippen MR) is 85.5 cm³/mol. The summed E-state index contributed by atoms with van der Waals surface area (Å²) >= 11 is 1.45. The highest BCUT2D eigenvalue weighted by atomic mass is 32.1. The summed E-state index contributed by atoms with van der Waals surface area (Å²) in [6, 6.07) is 1.45. The van der Waals surface area contributed by atoms with Crippen molar-refractivity contribution in [3.8, 4) is 0 Å². The lowest BCUT2D eigenvalue weighted by Crippen LogP contribution is -2.41. The van der Waals surface area contributed by atoms with E-state index in [1.165, 1.54) is 28.7 Å². The molecule has 0 radical (unpaired) electrons. The number of urea groups is 1. The molecule has 1 saturated heterocycles. The molecule has 0 saturated carbocycles. The molecule has 3 amide bonds. The zero-order valence-corrected chi connectivity index (χ0v) is 14.1. The Balaban J connectivity index is 1.65. The van der Waals surface area contributed by atoms with Crippen LogP contribution in [0.5, 0.6) is 0 Å². The van der Waals surface area contributed by atoms with E-state index < -0.39 is 24.0 Å². The Morgan fingerprint density at radius 1 is 1.48 bits per heavy atom. The van der Waals surface area contributed by atoms with E-state index in [-0.39, 0.29) is 0 Å². The highest BCUT2D eigenvalue weighted by Crippen LogP contribution is 2.32. The predicted octanol–water partition coefficient (Wildman–Crippen LogP) is 1.97. The maximum Gasteiger partial charge on any atom is 0.349 e. The van der Waals surface area contributed by atoms with Gasteiger partial charge < -0.3 is 10.1 Å². The van der Waals surface area contributed by atoms with Crippen molar-refractivity contribution in [2.75, 3.05) is 13.1 Å². The zero-order valence-electron chi connectivity index (χ0n) is 13.3. The van der Waals surface area contributed by atoms with Gasteiger partial charge in [-0.15, -0.1) is 11.3 Å². The number of hydrogen-bond donors (Lipinski definition) is 1. The van der Waals surface area contributed by atoms with Gasteiger partial charge in [-0.3, -0.25) is 9.69 Å². The molecular weight excluding hydrogens is 316 g/mol. The molecule has 0 spiro atoms. The molecule has 1 aromatic heterocycles. The summed E-state index contributed by atoms with van der Waals surface area (Å²) < 4.78 is 5.26. The Labute approximate surface area is 138 Å². The van der Waals surface area contributed by atoms with Crippen LogP contribution >= 0.6 is 11.3 Å². The standard InChI is InChI=1S/C16H20N2O4S/c1-9-3-4-12-11(7-9)8-13(23-12)15(20)22-10(2)14(19)18-6-5-17-16(18)21/h8-10H,3-7H2,1-2H3,(H,17,21)/t9-,10-/m0/s1. The Bertz CT molecular complexity index is 655. The van der Waals surface area contributed by atoms with E-state index in [1.54, 1.807) is 0 Å². The number of rotatable bonds is 3. The number of carbonyl (C=O) groups is 3. The van der Waals surface area contributed by atoms with Gasteiger partial charge in [0.2, 0.25) is 0 Å². The molecule has 0 aromatic carbocycles. The Morgan fingerprint density at radius 3 is 2.96 bits per heavy atom. The minimum atomic E-state index is -0.968. The molecule has 2 aliphatic rings. The topological polar surface area (TPSA) is 75.7 Å². The van der Waals surface area contributed by atoms with Gasteiger partial charge in [-0.05, 0) is 43.7 Å². The van der Waals surface area contributed by atoms with Crippen molar-refractivity contribution in [2.45, 2.75) is 39.2 Å². The molecular formula is C16H20N2O4S. The summed E-state index contributed by atoms with van der Waals surface area (Å²) in [7, 11) is 0. The number of carbonyl (C=O) groups excluding carboxylic acids is 3. The second kappa shape index (κ2) is 6.31. The molecule has 23 heavy (non-hydrogen) atoms. The summed E-state index contributed by atoms with van der Waals surface area (Å²) in [4.78, 5) is 38.8. The molecule has 0 unspecified atom stereocenters. The monoisotopic (exact) mass is 336 g/mol. The van der Waals surface area contributed by atoms with Gasteiger partial charge in [0.25, 0.3) is 5.91 Å². The van der Waals surface area contributed by atoms with E-state index in [9.17, 15) is 14.4 Å². The van der Waals surface area contributed by atoms with Crippen LogP contribution in [0.1, 0.15) is 40.4 Å². The van der Waals surface area contributed by atoms with Crippen LogP contribution in [0.3, 0.4) is 0 Å². The van der Waals surface area contributed by atoms with Crippen LogP contribution in [0, 0.1) is 5.92 Å². The first-order valence-electron chi connectivity index (χ1n) is 7.87. The normalized spacial score (nSPS) is 21.6. The first-order valence-corrected chi connectivity index (χ1v) is 8.69. The number of nitrogens with one attached hydrogen (secondary N) is 1. The number of thiophene rings is 1. The van der Waals surface area contributed by atoms with Gasteiger partial charge >= 0.3 is 12.0 Å². The molecule has 1 aliphatic carbocycles. The van der Waals surface area contributed by atoms with Crippen molar-refractivity contribution in [1.29, 1.82) is 0 Å². The van der Waals surface area contributed by atoms with Crippen LogP contribution in [-0.4, -0.2) is 42.0 Å². The van der Waals surface area contributed by atoms with Crippen LogP contribution in [0.2, 0.25) is 0 Å². The van der Waals surface area contributed by atoms with Crippen molar-refractivity contribution in [1.82, 2.24) is 10.2 Å². The molecule has 0 bridgehead atoms. The molecule has 1 aromatic rings. The summed E-state index contributed by atoms with van der Waals surface area (Å²) in [5, 5.41) is 2.56. The number of amides is 3. The first-order chi connectivity index (χ1) is 11.0. The lowest BCUT2D eigenvalue weighted by Gasteiger charge is -2.17. The number of fused-ring (bicyclic) bond motifs is 1. The quantitative estimate of drug-likeness (QED) is 0.856. The molecule has 1 N–H and O–H groups in total. The van der Waals surface area contributed by atoms with Gasteiger partial charge in [0.1, 0.15) is 4.88 Å². The van der Waals surface area contributed by atoms with Crippen LogP contribution in [0.15, 0.2) is 6.07 Å². The van der Waals surface area contributed by atoms with Gasteiger partial charge in [0, 0.05) is 18.0 Å². The lowest BCUT2D eigenvalue weighted by atomic mass is 9.90. The maximum atomic E-state index is 12.3. The van der Waals surface area contributed by atoms with Crippen LogP contribution < -0.4 is 5.32 Å². The van der Waals surface area contributed by atoms with Gasteiger partial charge in [0.05, 0.1) is 0 Å². The molecule has 124 valence electrons. The summed E-state index contributed by atoms with van der Waals surface area (Å²) in [6.45, 7) is 4.45. The van der Waals surface area contributed by atoms with E-state index in [4.69, 9.17) is 4.74 Å². The Hall–Kier alpha value is -1.89. The van der Waals surface area contributed by atoms with E-state index in [0.717, 1.165) is 24.2 Å². The third-order valence-electron chi connectivity index (χ3n) is 4.28. The highest BCUT2D eigenvalue weighted by Gasteiger charge is 2.32. The fourth-order valence-electron chi connectivity index (χ4n) is 2.98. The van der Waals surface area contributed by atoms with Gasteiger partial charge in [-0.25, -0.2) is 9.59 Å². The average Bonchev–Trinajstić information content (AvgIpc) is 3.11. The maximum absolute atomic E-state index is 12.3. The van der Waals surface area contributed by atoms with Crippen molar-refractivity contribution in [3.63, 3.8) is 0 Å². The van der Waals surface area contributed by atoms with Crippen molar-refractivity contribution in [3.05, 3.63) is 21.4 Å². The number of esters is 1. The van der Waals surface area contributed by atoms with Crippen molar-refractivity contribution >= 4 is 29.2 Å². The number of imide groups is 1. The highest BCUT2D eigenvalue weighted by molar-refractivity contribution is 7.14. The summed E-state index contributed by atoms with van der Waals surface area (Å²) in [6.07, 6.45) is 2.16. The van der Waals surface area contributed by atoms with Crippen molar-refractivity contribution < 1.29 is 19.1 Å². The number of aryl methyl sites for hydroxylation is 1. The smallest absolute Gasteiger partial charge is 0.349 e. The van der Waals surface area contributed by atoms with Gasteiger partial charge in [0.15, 0.2) is 6.10 Å². The molecule has 1 aliphatic heterocycles. The summed E-state index contributed by atoms with van der Waals surface area (Å²) in [5.41, 5.74) is 1.22. The second-order valence-corrected chi connectivity index (χ2v) is 7.31. The second-order valence-electron chi connectivity index (χ2n) is 6.18. The molecule has 1 fully saturated rings. The molecule has 2 heterocycles. The molecule has 2 atom stereocenters. The first kappa shape index (κ1) is 16.0.